The molecule has 1 amide bonds. The Morgan fingerprint density at radius 3 is 2.95 bits per heavy atom. The predicted octanol–water partition coefficient (Wildman–Crippen LogP) is 2.19. The van der Waals surface area contributed by atoms with Crippen LogP contribution in [0.5, 0.6) is 0 Å². The fourth-order valence-corrected chi connectivity index (χ4v) is 2.04. The second-order valence-corrected chi connectivity index (χ2v) is 4.48. The zero-order chi connectivity index (χ0) is 14.8. The number of aromatic amines is 1. The van der Waals surface area contributed by atoms with Crippen LogP contribution in [0.2, 0.25) is 0 Å². The number of H-pyrrole nitrogens is 1. The zero-order valence-electron chi connectivity index (χ0n) is 10.9. The molecule has 2 N–H and O–H groups in total. The summed E-state index contributed by atoms with van der Waals surface area (Å²) in [6, 6.07) is 7.22. The number of furan rings is 1. The molecule has 0 aliphatic carbocycles. The lowest BCUT2D eigenvalue weighted by molar-refractivity contribution is 0.0947. The molecule has 0 saturated heterocycles. The normalized spacial score (nSPS) is 10.7. The van der Waals surface area contributed by atoms with Crippen molar-refractivity contribution in [2.24, 2.45) is 0 Å². The van der Waals surface area contributed by atoms with E-state index in [1.165, 1.54) is 24.6 Å². The van der Waals surface area contributed by atoms with Gasteiger partial charge in [-0.25, -0.2) is 4.39 Å². The number of nitrogens with one attached hydrogen (secondary N) is 2. The van der Waals surface area contributed by atoms with Gasteiger partial charge in [0, 0.05) is 17.1 Å². The quantitative estimate of drug-likeness (QED) is 0.775. The standard InChI is InChI=1S/C15H11FN2O3/c16-9-3-4-13-11(6-9)14(19)12(8-17-13)15(20)18-7-10-2-1-5-21-10/h1-6,8H,7H2,(H,17,19)(H,18,20). The minimum atomic E-state index is -0.543. The van der Waals surface area contributed by atoms with Gasteiger partial charge < -0.3 is 14.7 Å². The van der Waals surface area contributed by atoms with E-state index in [2.05, 4.69) is 10.3 Å². The van der Waals surface area contributed by atoms with Crippen molar-refractivity contribution < 1.29 is 13.6 Å². The highest BCUT2D eigenvalue weighted by atomic mass is 19.1. The van der Waals surface area contributed by atoms with Gasteiger partial charge >= 0.3 is 0 Å². The molecule has 0 bridgehead atoms. The summed E-state index contributed by atoms with van der Waals surface area (Å²) in [6.07, 6.45) is 2.81. The van der Waals surface area contributed by atoms with Crippen LogP contribution >= 0.6 is 0 Å². The number of fused-ring (bicyclic) bond motifs is 1. The highest BCUT2D eigenvalue weighted by molar-refractivity contribution is 5.97. The van der Waals surface area contributed by atoms with Crippen LogP contribution in [0.1, 0.15) is 16.1 Å². The maximum Gasteiger partial charge on any atom is 0.257 e. The monoisotopic (exact) mass is 286 g/mol. The third-order valence-electron chi connectivity index (χ3n) is 3.09. The van der Waals surface area contributed by atoms with E-state index in [-0.39, 0.29) is 17.5 Å². The molecule has 0 spiro atoms. The molecule has 106 valence electrons. The number of halogens is 1. The number of aromatic nitrogens is 1. The van der Waals surface area contributed by atoms with Crippen molar-refractivity contribution in [1.29, 1.82) is 0 Å². The number of pyridine rings is 1. The van der Waals surface area contributed by atoms with Crippen molar-refractivity contribution in [2.75, 3.05) is 0 Å². The van der Waals surface area contributed by atoms with Crippen LogP contribution in [-0.2, 0) is 6.54 Å². The van der Waals surface area contributed by atoms with Crippen molar-refractivity contribution in [2.45, 2.75) is 6.54 Å². The van der Waals surface area contributed by atoms with Gasteiger partial charge in [0.15, 0.2) is 0 Å². The second kappa shape index (κ2) is 5.24. The van der Waals surface area contributed by atoms with E-state index in [1.54, 1.807) is 12.1 Å². The van der Waals surface area contributed by atoms with Gasteiger partial charge in [-0.1, -0.05) is 0 Å². The summed E-state index contributed by atoms with van der Waals surface area (Å²) < 4.78 is 18.3. The maximum absolute atomic E-state index is 13.2. The topological polar surface area (TPSA) is 75.1 Å². The first-order chi connectivity index (χ1) is 10.1. The van der Waals surface area contributed by atoms with Gasteiger partial charge in [-0.05, 0) is 30.3 Å². The molecule has 6 heteroatoms. The number of carbonyl (C=O) groups is 1. The Morgan fingerprint density at radius 1 is 1.33 bits per heavy atom. The molecule has 0 fully saturated rings. The van der Waals surface area contributed by atoms with Gasteiger partial charge in [0.25, 0.3) is 5.91 Å². The molecule has 0 unspecified atom stereocenters. The molecule has 5 nitrogen and oxygen atoms in total. The highest BCUT2D eigenvalue weighted by Crippen LogP contribution is 2.10. The van der Waals surface area contributed by atoms with Crippen LogP contribution in [0.15, 0.2) is 52.0 Å². The molecule has 0 atom stereocenters. The average Bonchev–Trinajstić information content (AvgIpc) is 2.99. The van der Waals surface area contributed by atoms with Gasteiger partial charge in [0.1, 0.15) is 17.1 Å². The number of benzene rings is 1. The summed E-state index contributed by atoms with van der Waals surface area (Å²) in [7, 11) is 0. The van der Waals surface area contributed by atoms with Crippen LogP contribution < -0.4 is 10.7 Å². The molecule has 0 saturated carbocycles. The summed E-state index contributed by atoms with van der Waals surface area (Å²) in [6.45, 7) is 0.173. The average molecular weight is 286 g/mol. The summed E-state index contributed by atoms with van der Waals surface area (Å²) in [4.78, 5) is 27.0. The van der Waals surface area contributed by atoms with Crippen molar-refractivity contribution >= 4 is 16.8 Å². The van der Waals surface area contributed by atoms with E-state index >= 15 is 0 Å². The van der Waals surface area contributed by atoms with Gasteiger partial charge in [-0.3, -0.25) is 9.59 Å². The molecular formula is C15H11FN2O3. The minimum absolute atomic E-state index is 0.0698. The number of rotatable bonds is 3. The van der Waals surface area contributed by atoms with Crippen molar-refractivity contribution in [3.8, 4) is 0 Å². The Labute approximate surface area is 118 Å². The highest BCUT2D eigenvalue weighted by Gasteiger charge is 2.13. The zero-order valence-corrected chi connectivity index (χ0v) is 10.9. The van der Waals surface area contributed by atoms with Gasteiger partial charge in [-0.2, -0.15) is 0 Å². The van der Waals surface area contributed by atoms with Crippen LogP contribution in [0.3, 0.4) is 0 Å². The van der Waals surface area contributed by atoms with Crippen LogP contribution in [-0.4, -0.2) is 10.9 Å². The van der Waals surface area contributed by atoms with E-state index in [0.717, 1.165) is 6.07 Å². The predicted molar refractivity (Wildman–Crippen MR) is 74.4 cm³/mol. The number of hydrogen-bond donors (Lipinski definition) is 2. The van der Waals surface area contributed by atoms with E-state index < -0.39 is 17.2 Å². The van der Waals surface area contributed by atoms with Crippen LogP contribution in [0.4, 0.5) is 4.39 Å². The first kappa shape index (κ1) is 13.1. The third kappa shape index (κ3) is 2.55. The van der Waals surface area contributed by atoms with E-state index in [1.807, 2.05) is 0 Å². The van der Waals surface area contributed by atoms with E-state index in [4.69, 9.17) is 4.42 Å². The molecule has 21 heavy (non-hydrogen) atoms. The van der Waals surface area contributed by atoms with E-state index in [9.17, 15) is 14.0 Å². The summed E-state index contributed by atoms with van der Waals surface area (Å²) >= 11 is 0. The third-order valence-corrected chi connectivity index (χ3v) is 3.09. The second-order valence-electron chi connectivity index (χ2n) is 4.48. The van der Waals surface area contributed by atoms with Gasteiger partial charge in [0.05, 0.1) is 12.8 Å². The number of hydrogen-bond acceptors (Lipinski definition) is 3. The van der Waals surface area contributed by atoms with Crippen LogP contribution in [0, 0.1) is 5.82 Å². The molecule has 2 aromatic heterocycles. The Bertz CT molecular complexity index is 853. The number of carbonyl (C=O) groups excluding carboxylic acids is 1. The fourth-order valence-electron chi connectivity index (χ4n) is 2.04. The lowest BCUT2D eigenvalue weighted by atomic mass is 10.1. The minimum Gasteiger partial charge on any atom is -0.467 e. The summed E-state index contributed by atoms with van der Waals surface area (Å²) in [5.74, 6) is -0.494. The first-order valence-electron chi connectivity index (χ1n) is 6.26. The molecule has 0 radical (unpaired) electrons. The molecule has 0 aliphatic rings. The molecule has 3 aromatic rings. The SMILES string of the molecule is O=C(NCc1ccco1)c1c[nH]c2ccc(F)cc2c1=O. The molecule has 1 aromatic carbocycles. The smallest absolute Gasteiger partial charge is 0.257 e. The maximum atomic E-state index is 13.2. The molecule has 2 heterocycles. The van der Waals surface area contributed by atoms with Crippen molar-refractivity contribution in [3.05, 3.63) is 70.2 Å². The van der Waals surface area contributed by atoms with Gasteiger partial charge in [-0.15, -0.1) is 0 Å². The van der Waals surface area contributed by atoms with Gasteiger partial charge in [0.2, 0.25) is 5.43 Å². The Balaban J connectivity index is 1.91. The summed E-state index contributed by atoms with van der Waals surface area (Å²) in [5, 5.41) is 2.71. The Kier molecular flexibility index (Phi) is 3.27. The molecule has 3 rings (SSSR count). The fraction of sp³-hybridized carbons (Fsp3) is 0.0667. The van der Waals surface area contributed by atoms with Crippen molar-refractivity contribution in [3.63, 3.8) is 0 Å². The van der Waals surface area contributed by atoms with Crippen LogP contribution in [0.25, 0.3) is 10.9 Å². The summed E-state index contributed by atoms with van der Waals surface area (Å²) in [5.41, 5.74) is -0.108. The molecular weight excluding hydrogens is 275 g/mol. The lowest BCUT2D eigenvalue weighted by Crippen LogP contribution is -2.28. The molecule has 0 aliphatic heterocycles. The number of amides is 1. The van der Waals surface area contributed by atoms with E-state index in [0.29, 0.717) is 11.3 Å². The first-order valence-corrected chi connectivity index (χ1v) is 6.26. The largest absolute Gasteiger partial charge is 0.467 e. The van der Waals surface area contributed by atoms with Crippen molar-refractivity contribution in [1.82, 2.24) is 10.3 Å². The Hall–Kier alpha value is -2.89. The Morgan fingerprint density at radius 2 is 2.19 bits per heavy atom. The lowest BCUT2D eigenvalue weighted by Gasteiger charge is -2.04.